The fourth-order valence-electron chi connectivity index (χ4n) is 4.54. The van der Waals surface area contributed by atoms with Crippen LogP contribution in [0, 0.1) is 0 Å². The summed E-state index contributed by atoms with van der Waals surface area (Å²) in [6, 6.07) is 16.8. The minimum atomic E-state index is -1.38. The molecular weight excluding hydrogens is 456 g/mol. The molecule has 1 fully saturated rings. The molecular formula is C29H40N2O5. The Morgan fingerprint density at radius 3 is 2.33 bits per heavy atom. The van der Waals surface area contributed by atoms with Gasteiger partial charge in [-0.15, -0.1) is 0 Å². The van der Waals surface area contributed by atoms with E-state index >= 15 is 0 Å². The molecule has 0 aromatic heterocycles. The van der Waals surface area contributed by atoms with Crippen LogP contribution >= 0.6 is 0 Å². The summed E-state index contributed by atoms with van der Waals surface area (Å²) in [6.45, 7) is 5.55. The summed E-state index contributed by atoms with van der Waals surface area (Å²) in [4.78, 5) is 26.5. The van der Waals surface area contributed by atoms with Gasteiger partial charge in [-0.25, -0.2) is 9.59 Å². The van der Waals surface area contributed by atoms with Crippen LogP contribution in [0.3, 0.4) is 0 Å². The first kappa shape index (κ1) is 27.4. The van der Waals surface area contributed by atoms with Crippen LogP contribution in [-0.2, 0) is 11.2 Å². The third kappa shape index (κ3) is 8.47. The van der Waals surface area contributed by atoms with Gasteiger partial charge in [0.25, 0.3) is 0 Å². The molecule has 2 aromatic carbocycles. The Morgan fingerprint density at radius 1 is 1.00 bits per heavy atom. The highest BCUT2D eigenvalue weighted by atomic mass is 16.5. The molecule has 1 aliphatic rings. The van der Waals surface area contributed by atoms with Crippen LogP contribution in [0.1, 0.15) is 64.4 Å². The maximum atomic E-state index is 12.7. The van der Waals surface area contributed by atoms with E-state index in [1.54, 1.807) is 19.1 Å². The second-order valence-electron chi connectivity index (χ2n) is 9.75. The number of amides is 2. The van der Waals surface area contributed by atoms with Crippen molar-refractivity contribution in [2.45, 2.75) is 76.9 Å². The Hall–Kier alpha value is -3.22. The summed E-state index contributed by atoms with van der Waals surface area (Å²) in [5.74, 6) is 0.219. The number of carbonyl (C=O) groups is 2. The molecule has 0 radical (unpaired) electrons. The lowest BCUT2D eigenvalue weighted by molar-refractivity contribution is -0.153. The number of benzene rings is 2. The van der Waals surface area contributed by atoms with E-state index in [0.717, 1.165) is 37.8 Å². The lowest BCUT2D eigenvalue weighted by Crippen LogP contribution is -2.46. The first-order valence-corrected chi connectivity index (χ1v) is 13.1. The SMILES string of the molecule is CCCN(CCCOc1ccc(CC(C)(Oc2ccccc2)C(=O)O)cc1)C(=O)NC1CCCCC1. The molecule has 0 saturated heterocycles. The summed E-state index contributed by atoms with van der Waals surface area (Å²) >= 11 is 0. The van der Waals surface area contributed by atoms with Crippen LogP contribution in [0.2, 0.25) is 0 Å². The minimum Gasteiger partial charge on any atom is -0.494 e. The Kier molecular flexibility index (Phi) is 10.5. The van der Waals surface area contributed by atoms with Crippen LogP contribution in [0.4, 0.5) is 4.79 Å². The van der Waals surface area contributed by atoms with Gasteiger partial charge in [-0.05, 0) is 62.4 Å². The van der Waals surface area contributed by atoms with E-state index in [1.807, 2.05) is 47.4 Å². The van der Waals surface area contributed by atoms with Gasteiger partial charge in [-0.1, -0.05) is 56.5 Å². The average Bonchev–Trinajstić information content (AvgIpc) is 2.88. The predicted octanol–water partition coefficient (Wildman–Crippen LogP) is 5.67. The molecule has 0 heterocycles. The maximum absolute atomic E-state index is 12.7. The second-order valence-corrected chi connectivity index (χ2v) is 9.75. The highest BCUT2D eigenvalue weighted by Gasteiger charge is 2.36. The van der Waals surface area contributed by atoms with Gasteiger partial charge in [0, 0.05) is 25.6 Å². The molecule has 36 heavy (non-hydrogen) atoms. The molecule has 3 rings (SSSR count). The summed E-state index contributed by atoms with van der Waals surface area (Å²) in [7, 11) is 0. The normalized spacial score (nSPS) is 15.5. The Bertz CT molecular complexity index is 944. The van der Waals surface area contributed by atoms with Crippen molar-refractivity contribution < 1.29 is 24.2 Å². The first-order chi connectivity index (χ1) is 17.4. The highest BCUT2D eigenvalue weighted by molar-refractivity contribution is 5.78. The van der Waals surface area contributed by atoms with Crippen LogP contribution in [0.5, 0.6) is 11.5 Å². The van der Waals surface area contributed by atoms with Crippen molar-refractivity contribution in [2.24, 2.45) is 0 Å². The largest absolute Gasteiger partial charge is 0.494 e. The van der Waals surface area contributed by atoms with E-state index in [9.17, 15) is 14.7 Å². The quantitative estimate of drug-likeness (QED) is 0.349. The van der Waals surface area contributed by atoms with E-state index < -0.39 is 11.6 Å². The molecule has 1 atom stereocenters. The molecule has 0 bridgehead atoms. The van der Waals surface area contributed by atoms with Crippen LogP contribution < -0.4 is 14.8 Å². The number of carboxylic acid groups (broad SMARTS) is 1. The van der Waals surface area contributed by atoms with Gasteiger partial charge < -0.3 is 24.8 Å². The zero-order valence-electron chi connectivity index (χ0n) is 21.6. The van der Waals surface area contributed by atoms with Gasteiger partial charge in [0.1, 0.15) is 11.5 Å². The van der Waals surface area contributed by atoms with Crippen LogP contribution in [0.25, 0.3) is 0 Å². The Morgan fingerprint density at radius 2 is 1.69 bits per heavy atom. The fraction of sp³-hybridized carbons (Fsp3) is 0.517. The monoisotopic (exact) mass is 496 g/mol. The van der Waals surface area contributed by atoms with E-state index in [1.165, 1.54) is 19.3 Å². The lowest BCUT2D eigenvalue weighted by atomic mass is 9.96. The van der Waals surface area contributed by atoms with Gasteiger partial charge in [-0.3, -0.25) is 0 Å². The fourth-order valence-corrected chi connectivity index (χ4v) is 4.54. The molecule has 1 unspecified atom stereocenters. The summed E-state index contributed by atoms with van der Waals surface area (Å²) < 4.78 is 11.7. The molecule has 2 amide bonds. The molecule has 1 aliphatic carbocycles. The first-order valence-electron chi connectivity index (χ1n) is 13.1. The summed E-state index contributed by atoms with van der Waals surface area (Å²) in [5.41, 5.74) is -0.540. The van der Waals surface area contributed by atoms with E-state index in [4.69, 9.17) is 9.47 Å². The number of urea groups is 1. The number of hydrogen-bond acceptors (Lipinski definition) is 4. The zero-order chi connectivity index (χ0) is 25.8. The number of carbonyl (C=O) groups excluding carboxylic acids is 1. The van der Waals surface area contributed by atoms with Crippen molar-refractivity contribution in [2.75, 3.05) is 19.7 Å². The molecule has 1 saturated carbocycles. The van der Waals surface area contributed by atoms with Gasteiger partial charge in [0.15, 0.2) is 0 Å². The summed E-state index contributed by atoms with van der Waals surface area (Å²) in [5, 5.41) is 13.0. The molecule has 7 nitrogen and oxygen atoms in total. The van der Waals surface area contributed by atoms with Crippen molar-refractivity contribution in [3.05, 3.63) is 60.2 Å². The molecule has 2 aromatic rings. The lowest BCUT2D eigenvalue weighted by Gasteiger charge is -2.28. The number of aliphatic carboxylic acids is 1. The molecule has 2 N–H and O–H groups in total. The Labute approximate surface area is 214 Å². The average molecular weight is 497 g/mol. The molecule has 7 heteroatoms. The van der Waals surface area contributed by atoms with Crippen molar-refractivity contribution in [3.8, 4) is 11.5 Å². The molecule has 0 aliphatic heterocycles. The third-order valence-electron chi connectivity index (χ3n) is 6.56. The zero-order valence-corrected chi connectivity index (χ0v) is 21.6. The van der Waals surface area contributed by atoms with Crippen molar-refractivity contribution >= 4 is 12.0 Å². The number of hydrogen-bond donors (Lipinski definition) is 2. The number of carboxylic acids is 1. The summed E-state index contributed by atoms with van der Waals surface area (Å²) in [6.07, 6.45) is 7.69. The smallest absolute Gasteiger partial charge is 0.348 e. The van der Waals surface area contributed by atoms with Gasteiger partial charge in [0.05, 0.1) is 6.61 Å². The number of nitrogens with zero attached hydrogens (tertiary/aromatic N) is 1. The minimum absolute atomic E-state index is 0.0345. The number of ether oxygens (including phenoxy) is 2. The van der Waals surface area contributed by atoms with Gasteiger partial charge in [0.2, 0.25) is 5.60 Å². The van der Waals surface area contributed by atoms with Crippen LogP contribution in [-0.4, -0.2) is 53.3 Å². The van der Waals surface area contributed by atoms with Gasteiger partial charge >= 0.3 is 12.0 Å². The number of rotatable bonds is 13. The van der Waals surface area contributed by atoms with E-state index in [-0.39, 0.29) is 12.5 Å². The third-order valence-corrected chi connectivity index (χ3v) is 6.56. The molecule has 196 valence electrons. The number of nitrogens with one attached hydrogen (secondary N) is 1. The van der Waals surface area contributed by atoms with Gasteiger partial charge in [-0.2, -0.15) is 0 Å². The van der Waals surface area contributed by atoms with E-state index in [0.29, 0.717) is 30.7 Å². The Balaban J connectivity index is 1.46. The van der Waals surface area contributed by atoms with Crippen molar-refractivity contribution in [3.63, 3.8) is 0 Å². The second kappa shape index (κ2) is 13.8. The predicted molar refractivity (Wildman–Crippen MR) is 141 cm³/mol. The number of para-hydroxylation sites is 1. The standard InChI is InChI=1S/C29H40N2O5/c1-3-19-31(28(34)30-24-11-6-4-7-12-24)20-10-21-35-25-17-15-23(16-18-25)22-29(2,27(32)33)36-26-13-8-5-9-14-26/h5,8-9,13-18,24H,3-4,6-7,10-12,19-22H2,1-2H3,(H,30,34)(H,32,33). The highest BCUT2D eigenvalue weighted by Crippen LogP contribution is 2.24. The van der Waals surface area contributed by atoms with Crippen molar-refractivity contribution in [1.82, 2.24) is 10.2 Å². The van der Waals surface area contributed by atoms with Crippen LogP contribution in [0.15, 0.2) is 54.6 Å². The topological polar surface area (TPSA) is 88.1 Å². The maximum Gasteiger partial charge on any atom is 0.348 e. The van der Waals surface area contributed by atoms with Crippen molar-refractivity contribution in [1.29, 1.82) is 0 Å². The van der Waals surface area contributed by atoms with E-state index in [2.05, 4.69) is 12.2 Å². The molecule has 0 spiro atoms.